The Kier molecular flexibility index (Phi) is 9.26. The van der Waals surface area contributed by atoms with Crippen molar-refractivity contribution in [3.05, 3.63) is 89.2 Å². The van der Waals surface area contributed by atoms with E-state index in [2.05, 4.69) is 10.4 Å². The Bertz CT molecular complexity index is 1230. The maximum absolute atomic E-state index is 13.4. The average molecular weight is 518 g/mol. The molecule has 4 rings (SSSR count). The summed E-state index contributed by atoms with van der Waals surface area (Å²) in [4.78, 5) is 42.7. The van der Waals surface area contributed by atoms with Gasteiger partial charge in [0, 0.05) is 52.3 Å². The second-order valence-corrected chi connectivity index (χ2v) is 9.44. The molecule has 0 radical (unpaired) electrons. The molecular formula is C29H35N5O4. The fraction of sp³-hybridized carbons (Fsp3) is 0.379. The van der Waals surface area contributed by atoms with Crippen molar-refractivity contribution in [2.24, 2.45) is 0 Å². The molecule has 1 aliphatic heterocycles. The number of hydrogen-bond acceptors (Lipinski definition) is 5. The van der Waals surface area contributed by atoms with Crippen LogP contribution in [0.4, 0.5) is 0 Å². The van der Waals surface area contributed by atoms with E-state index in [9.17, 15) is 14.4 Å². The normalized spacial score (nSPS) is 13.9. The lowest BCUT2D eigenvalue weighted by Crippen LogP contribution is -2.38. The van der Waals surface area contributed by atoms with Crippen LogP contribution in [-0.4, -0.2) is 70.7 Å². The predicted molar refractivity (Wildman–Crippen MR) is 143 cm³/mol. The molecule has 1 aliphatic rings. The van der Waals surface area contributed by atoms with E-state index in [-0.39, 0.29) is 42.4 Å². The molecule has 1 aromatic heterocycles. The van der Waals surface area contributed by atoms with Gasteiger partial charge in [0.2, 0.25) is 5.91 Å². The van der Waals surface area contributed by atoms with Crippen molar-refractivity contribution in [3.8, 4) is 0 Å². The zero-order chi connectivity index (χ0) is 26.9. The lowest BCUT2D eigenvalue weighted by atomic mass is 10.1. The highest BCUT2D eigenvalue weighted by molar-refractivity contribution is 5.98. The number of amides is 3. The molecule has 0 saturated carbocycles. The molecule has 0 fully saturated rings. The fourth-order valence-corrected chi connectivity index (χ4v) is 4.55. The first-order valence-electron chi connectivity index (χ1n) is 13.0. The number of aromatic nitrogens is 2. The molecule has 1 N–H and O–H groups in total. The molecule has 2 aromatic carbocycles. The summed E-state index contributed by atoms with van der Waals surface area (Å²) in [6, 6.07) is 21.0. The van der Waals surface area contributed by atoms with Crippen molar-refractivity contribution in [3.63, 3.8) is 0 Å². The van der Waals surface area contributed by atoms with Crippen molar-refractivity contribution in [2.45, 2.75) is 38.9 Å². The number of aryl methyl sites for hydroxylation is 1. The van der Waals surface area contributed by atoms with Crippen LogP contribution in [0.15, 0.2) is 66.7 Å². The van der Waals surface area contributed by atoms with Crippen LogP contribution in [0.5, 0.6) is 0 Å². The molecule has 0 bridgehead atoms. The van der Waals surface area contributed by atoms with Crippen molar-refractivity contribution < 1.29 is 19.1 Å². The first kappa shape index (κ1) is 27.1. The summed E-state index contributed by atoms with van der Waals surface area (Å²) in [7, 11) is 1.57. The molecule has 2 heterocycles. The summed E-state index contributed by atoms with van der Waals surface area (Å²) in [6.45, 7) is 4.46. The highest BCUT2D eigenvalue weighted by Crippen LogP contribution is 2.18. The molecule has 3 aromatic rings. The monoisotopic (exact) mass is 517 g/mol. The van der Waals surface area contributed by atoms with Gasteiger partial charge in [0.1, 0.15) is 5.69 Å². The largest absolute Gasteiger partial charge is 0.383 e. The van der Waals surface area contributed by atoms with Gasteiger partial charge in [0.25, 0.3) is 11.8 Å². The van der Waals surface area contributed by atoms with Crippen molar-refractivity contribution in [1.82, 2.24) is 24.9 Å². The van der Waals surface area contributed by atoms with Crippen LogP contribution in [0.3, 0.4) is 0 Å². The van der Waals surface area contributed by atoms with E-state index in [0.717, 1.165) is 17.5 Å². The first-order chi connectivity index (χ1) is 18.5. The number of ether oxygens (including phenoxy) is 1. The maximum Gasteiger partial charge on any atom is 0.274 e. The molecule has 38 heavy (non-hydrogen) atoms. The minimum absolute atomic E-state index is 0.138. The van der Waals surface area contributed by atoms with Gasteiger partial charge >= 0.3 is 0 Å². The molecule has 1 unspecified atom stereocenters. The zero-order valence-electron chi connectivity index (χ0n) is 22.0. The number of fused-ring (bicyclic) bond motifs is 1. The summed E-state index contributed by atoms with van der Waals surface area (Å²) in [5.41, 5.74) is 2.67. The van der Waals surface area contributed by atoms with E-state index in [4.69, 9.17) is 4.74 Å². The van der Waals surface area contributed by atoms with Crippen LogP contribution in [0.2, 0.25) is 0 Å². The molecule has 3 amide bonds. The maximum atomic E-state index is 13.4. The Balaban J connectivity index is 1.42. The van der Waals surface area contributed by atoms with Gasteiger partial charge in [-0.3, -0.25) is 19.1 Å². The molecule has 200 valence electrons. The molecule has 1 atom stereocenters. The van der Waals surface area contributed by atoms with Gasteiger partial charge in [-0.25, -0.2) is 0 Å². The third kappa shape index (κ3) is 6.86. The Morgan fingerprint density at radius 1 is 1.05 bits per heavy atom. The molecule has 9 nitrogen and oxygen atoms in total. The number of carbonyl (C=O) groups is 3. The van der Waals surface area contributed by atoms with E-state index in [1.165, 1.54) is 0 Å². The number of carbonyl (C=O) groups excluding carboxylic acids is 3. The highest BCUT2D eigenvalue weighted by Gasteiger charge is 2.28. The van der Waals surface area contributed by atoms with Gasteiger partial charge in [-0.05, 0) is 24.5 Å². The van der Waals surface area contributed by atoms with Crippen molar-refractivity contribution in [2.75, 3.05) is 33.4 Å². The van der Waals surface area contributed by atoms with E-state index >= 15 is 0 Å². The van der Waals surface area contributed by atoms with E-state index in [1.807, 2.05) is 67.6 Å². The number of rotatable bonds is 11. The number of nitrogens with one attached hydrogen (secondary N) is 1. The lowest BCUT2D eigenvalue weighted by Gasteiger charge is -2.22. The van der Waals surface area contributed by atoms with Gasteiger partial charge in [0.15, 0.2) is 5.69 Å². The first-order valence-corrected chi connectivity index (χ1v) is 13.0. The van der Waals surface area contributed by atoms with Gasteiger partial charge in [0.05, 0.1) is 12.6 Å². The zero-order valence-corrected chi connectivity index (χ0v) is 22.0. The Labute approximate surface area is 223 Å². The smallest absolute Gasteiger partial charge is 0.274 e. The standard InChI is InChI=1S/C29H35N5O4/c1-22(24-12-7-4-8-13-24)30-27(35)14-17-32(18-19-38-2)28(36)25-20-26-29(37)33(15-9-16-34(26)31-25)21-23-10-5-3-6-11-23/h3-8,10-13,20,22H,9,14-19,21H2,1-2H3,(H,30,35). The summed E-state index contributed by atoms with van der Waals surface area (Å²) in [6.07, 6.45) is 0.887. The Hall–Kier alpha value is -3.98. The lowest BCUT2D eigenvalue weighted by molar-refractivity contribution is -0.121. The van der Waals surface area contributed by atoms with Crippen LogP contribution >= 0.6 is 0 Å². The molecule has 9 heteroatoms. The third-order valence-electron chi connectivity index (χ3n) is 6.66. The third-order valence-corrected chi connectivity index (χ3v) is 6.66. The Morgan fingerprint density at radius 2 is 1.76 bits per heavy atom. The number of nitrogens with zero attached hydrogens (tertiary/aromatic N) is 4. The quantitative estimate of drug-likeness (QED) is 0.421. The van der Waals surface area contributed by atoms with Crippen molar-refractivity contribution in [1.29, 1.82) is 0 Å². The highest BCUT2D eigenvalue weighted by atomic mass is 16.5. The minimum Gasteiger partial charge on any atom is -0.383 e. The van der Waals surface area contributed by atoms with E-state index in [1.54, 1.807) is 27.7 Å². The van der Waals surface area contributed by atoms with Crippen LogP contribution in [-0.2, 0) is 22.6 Å². The van der Waals surface area contributed by atoms with Crippen molar-refractivity contribution >= 4 is 17.7 Å². The number of benzene rings is 2. The molecule has 0 spiro atoms. The van der Waals surface area contributed by atoms with Crippen LogP contribution < -0.4 is 5.32 Å². The number of hydrogen-bond donors (Lipinski definition) is 1. The average Bonchev–Trinajstić information content (AvgIpc) is 3.31. The number of methoxy groups -OCH3 is 1. The Morgan fingerprint density at radius 3 is 2.47 bits per heavy atom. The topological polar surface area (TPSA) is 96.8 Å². The van der Waals surface area contributed by atoms with E-state index in [0.29, 0.717) is 38.5 Å². The second kappa shape index (κ2) is 13.0. The SMILES string of the molecule is COCCN(CCC(=O)NC(C)c1ccccc1)C(=O)c1cc2n(n1)CCCN(Cc1ccccc1)C2=O. The summed E-state index contributed by atoms with van der Waals surface area (Å²) in [5.74, 6) is -0.617. The summed E-state index contributed by atoms with van der Waals surface area (Å²) < 4.78 is 6.82. The second-order valence-electron chi connectivity index (χ2n) is 9.44. The van der Waals surface area contributed by atoms with E-state index < -0.39 is 0 Å². The summed E-state index contributed by atoms with van der Waals surface area (Å²) >= 11 is 0. The predicted octanol–water partition coefficient (Wildman–Crippen LogP) is 3.29. The molecule has 0 aliphatic carbocycles. The van der Waals surface area contributed by atoms with Crippen LogP contribution in [0.1, 0.15) is 57.9 Å². The van der Waals surface area contributed by atoms with Gasteiger partial charge in [-0.15, -0.1) is 0 Å². The summed E-state index contributed by atoms with van der Waals surface area (Å²) in [5, 5.41) is 7.47. The fourth-order valence-electron chi connectivity index (χ4n) is 4.55. The molecular weight excluding hydrogens is 482 g/mol. The van der Waals surface area contributed by atoms with Gasteiger partial charge in [-0.1, -0.05) is 60.7 Å². The van der Waals surface area contributed by atoms with Crippen LogP contribution in [0.25, 0.3) is 0 Å². The van der Waals surface area contributed by atoms with Gasteiger partial charge < -0.3 is 19.9 Å². The van der Waals surface area contributed by atoms with Crippen LogP contribution in [0, 0.1) is 0 Å². The minimum atomic E-state index is -0.325. The molecule has 0 saturated heterocycles. The van der Waals surface area contributed by atoms with Gasteiger partial charge in [-0.2, -0.15) is 5.10 Å².